The summed E-state index contributed by atoms with van der Waals surface area (Å²) in [6.45, 7) is 4.72. The van der Waals surface area contributed by atoms with Crippen LogP contribution in [0.2, 0.25) is 0 Å². The Morgan fingerprint density at radius 2 is 1.83 bits per heavy atom. The van der Waals surface area contributed by atoms with Gasteiger partial charge in [0.2, 0.25) is 5.91 Å². The molecule has 1 saturated carbocycles. The lowest BCUT2D eigenvalue weighted by atomic mass is 9.80. The van der Waals surface area contributed by atoms with Crippen molar-refractivity contribution in [1.82, 2.24) is 5.32 Å². The third-order valence-electron chi connectivity index (χ3n) is 4.66. The zero-order valence-electron chi connectivity index (χ0n) is 11.8. The topological polar surface area (TPSA) is 75.3 Å². The first-order valence-corrected chi connectivity index (χ1v) is 7.20. The van der Waals surface area contributed by atoms with Gasteiger partial charge in [0.15, 0.2) is 0 Å². The van der Waals surface area contributed by atoms with E-state index in [0.29, 0.717) is 6.54 Å². The van der Waals surface area contributed by atoms with E-state index in [1.807, 2.05) is 13.8 Å². The Morgan fingerprint density at radius 3 is 2.28 bits per heavy atom. The number of nitrogens with one attached hydrogen (secondary N) is 1. The SMILES string of the molecule is CCC(CC)(CO)CNC(=O)C1(N)CCCCC1. The average Bonchev–Trinajstić information content (AvgIpc) is 2.41. The minimum atomic E-state index is -0.680. The van der Waals surface area contributed by atoms with Gasteiger partial charge in [-0.2, -0.15) is 0 Å². The molecule has 0 aromatic carbocycles. The van der Waals surface area contributed by atoms with Gasteiger partial charge in [-0.25, -0.2) is 0 Å². The molecule has 1 fully saturated rings. The summed E-state index contributed by atoms with van der Waals surface area (Å²) < 4.78 is 0. The smallest absolute Gasteiger partial charge is 0.240 e. The average molecular weight is 256 g/mol. The van der Waals surface area contributed by atoms with Crippen molar-refractivity contribution in [3.8, 4) is 0 Å². The molecule has 0 spiro atoms. The molecule has 4 N–H and O–H groups in total. The van der Waals surface area contributed by atoms with Crippen molar-refractivity contribution in [2.45, 2.75) is 64.3 Å². The van der Waals surface area contributed by atoms with Crippen LogP contribution in [0.5, 0.6) is 0 Å². The van der Waals surface area contributed by atoms with Gasteiger partial charge in [0.25, 0.3) is 0 Å². The number of hydrogen-bond acceptors (Lipinski definition) is 3. The van der Waals surface area contributed by atoms with Crippen molar-refractivity contribution >= 4 is 5.91 Å². The van der Waals surface area contributed by atoms with E-state index in [2.05, 4.69) is 5.32 Å². The molecule has 0 aliphatic heterocycles. The van der Waals surface area contributed by atoms with Crippen LogP contribution in [-0.4, -0.2) is 29.7 Å². The molecule has 0 saturated heterocycles. The van der Waals surface area contributed by atoms with Crippen molar-refractivity contribution in [2.24, 2.45) is 11.1 Å². The molecule has 0 heterocycles. The van der Waals surface area contributed by atoms with E-state index in [-0.39, 0.29) is 17.9 Å². The lowest BCUT2D eigenvalue weighted by molar-refractivity contribution is -0.128. The van der Waals surface area contributed by atoms with Gasteiger partial charge in [0, 0.05) is 12.0 Å². The first-order chi connectivity index (χ1) is 8.52. The van der Waals surface area contributed by atoms with Crippen molar-refractivity contribution < 1.29 is 9.90 Å². The molecule has 1 amide bonds. The molecule has 1 rings (SSSR count). The molecule has 0 unspecified atom stereocenters. The van der Waals surface area contributed by atoms with Crippen LogP contribution in [-0.2, 0) is 4.79 Å². The van der Waals surface area contributed by atoms with Gasteiger partial charge in [0.1, 0.15) is 0 Å². The molecule has 106 valence electrons. The van der Waals surface area contributed by atoms with Gasteiger partial charge in [-0.05, 0) is 25.7 Å². The van der Waals surface area contributed by atoms with Gasteiger partial charge in [0.05, 0.1) is 12.1 Å². The maximum atomic E-state index is 12.2. The summed E-state index contributed by atoms with van der Waals surface area (Å²) in [5.74, 6) is -0.0399. The summed E-state index contributed by atoms with van der Waals surface area (Å²) in [5.41, 5.74) is 5.31. The summed E-state index contributed by atoms with van der Waals surface area (Å²) in [4.78, 5) is 12.2. The number of carbonyl (C=O) groups is 1. The van der Waals surface area contributed by atoms with Crippen molar-refractivity contribution in [3.05, 3.63) is 0 Å². The van der Waals surface area contributed by atoms with Crippen molar-refractivity contribution in [3.63, 3.8) is 0 Å². The maximum absolute atomic E-state index is 12.2. The predicted molar refractivity (Wildman–Crippen MR) is 73.1 cm³/mol. The maximum Gasteiger partial charge on any atom is 0.240 e. The van der Waals surface area contributed by atoms with Crippen LogP contribution in [0.4, 0.5) is 0 Å². The second-order valence-corrected chi connectivity index (χ2v) is 5.76. The minimum Gasteiger partial charge on any atom is -0.396 e. The summed E-state index contributed by atoms with van der Waals surface area (Å²) >= 11 is 0. The first kappa shape index (κ1) is 15.4. The van der Waals surface area contributed by atoms with Crippen LogP contribution in [0.15, 0.2) is 0 Å². The Balaban J connectivity index is 2.54. The Morgan fingerprint density at radius 1 is 1.28 bits per heavy atom. The van der Waals surface area contributed by atoms with Gasteiger partial charge in [-0.3, -0.25) is 4.79 Å². The van der Waals surface area contributed by atoms with Gasteiger partial charge < -0.3 is 16.2 Å². The quantitative estimate of drug-likeness (QED) is 0.675. The second-order valence-electron chi connectivity index (χ2n) is 5.76. The Hall–Kier alpha value is -0.610. The van der Waals surface area contributed by atoms with Gasteiger partial charge in [-0.15, -0.1) is 0 Å². The molecule has 4 nitrogen and oxygen atoms in total. The van der Waals surface area contributed by atoms with Crippen LogP contribution in [0.25, 0.3) is 0 Å². The molecule has 0 bridgehead atoms. The number of carbonyl (C=O) groups excluding carboxylic acids is 1. The number of aliphatic hydroxyl groups excluding tert-OH is 1. The van der Waals surface area contributed by atoms with Crippen LogP contribution < -0.4 is 11.1 Å². The van der Waals surface area contributed by atoms with Gasteiger partial charge >= 0.3 is 0 Å². The third kappa shape index (κ3) is 3.45. The lowest BCUT2D eigenvalue weighted by Crippen LogP contribution is -2.56. The standard InChI is InChI=1S/C14H28N2O2/c1-3-13(4-2,11-17)10-16-12(18)14(15)8-6-5-7-9-14/h17H,3-11,15H2,1-2H3,(H,16,18). The highest BCUT2D eigenvalue weighted by Gasteiger charge is 2.36. The fourth-order valence-corrected chi connectivity index (χ4v) is 2.63. The monoisotopic (exact) mass is 256 g/mol. The predicted octanol–water partition coefficient (Wildman–Crippen LogP) is 1.56. The Kier molecular flexibility index (Phi) is 5.60. The Bertz CT molecular complexity index is 261. The third-order valence-corrected chi connectivity index (χ3v) is 4.66. The highest BCUT2D eigenvalue weighted by molar-refractivity contribution is 5.86. The van der Waals surface area contributed by atoms with Crippen molar-refractivity contribution in [2.75, 3.05) is 13.2 Å². The van der Waals surface area contributed by atoms with E-state index in [1.165, 1.54) is 6.42 Å². The number of rotatable bonds is 6. The molecule has 18 heavy (non-hydrogen) atoms. The minimum absolute atomic E-state index is 0.0399. The van der Waals surface area contributed by atoms with E-state index in [4.69, 9.17) is 5.73 Å². The summed E-state index contributed by atoms with van der Waals surface area (Å²) in [6.07, 6.45) is 6.53. The van der Waals surface area contributed by atoms with Crippen LogP contribution in [0, 0.1) is 5.41 Å². The molecule has 0 radical (unpaired) electrons. The number of nitrogens with two attached hydrogens (primary N) is 1. The number of hydrogen-bond donors (Lipinski definition) is 3. The molecule has 0 aromatic heterocycles. The molecule has 1 aliphatic rings. The molecule has 0 aromatic rings. The first-order valence-electron chi connectivity index (χ1n) is 7.20. The largest absolute Gasteiger partial charge is 0.396 e. The molecule has 4 heteroatoms. The van der Waals surface area contributed by atoms with Crippen LogP contribution >= 0.6 is 0 Å². The highest BCUT2D eigenvalue weighted by Crippen LogP contribution is 2.28. The van der Waals surface area contributed by atoms with E-state index in [0.717, 1.165) is 38.5 Å². The van der Waals surface area contributed by atoms with E-state index in [9.17, 15) is 9.90 Å². The van der Waals surface area contributed by atoms with E-state index >= 15 is 0 Å². The van der Waals surface area contributed by atoms with Crippen LogP contribution in [0.1, 0.15) is 58.8 Å². The summed E-state index contributed by atoms with van der Waals surface area (Å²) in [7, 11) is 0. The normalized spacial score (nSPS) is 19.6. The van der Waals surface area contributed by atoms with Crippen LogP contribution in [0.3, 0.4) is 0 Å². The van der Waals surface area contributed by atoms with Gasteiger partial charge in [-0.1, -0.05) is 33.1 Å². The zero-order chi connectivity index (χ0) is 13.6. The molecule has 0 atom stereocenters. The Labute approximate surface area is 110 Å². The molecular weight excluding hydrogens is 228 g/mol. The fraction of sp³-hybridized carbons (Fsp3) is 0.929. The van der Waals surface area contributed by atoms with E-state index < -0.39 is 5.54 Å². The lowest BCUT2D eigenvalue weighted by Gasteiger charge is -2.35. The summed E-state index contributed by atoms with van der Waals surface area (Å²) in [6, 6.07) is 0. The number of amides is 1. The molecular formula is C14H28N2O2. The molecule has 1 aliphatic carbocycles. The second kappa shape index (κ2) is 6.53. The number of aliphatic hydroxyl groups is 1. The van der Waals surface area contributed by atoms with E-state index in [1.54, 1.807) is 0 Å². The highest BCUT2D eigenvalue weighted by atomic mass is 16.3. The summed E-state index contributed by atoms with van der Waals surface area (Å²) in [5, 5.41) is 12.4. The fourth-order valence-electron chi connectivity index (χ4n) is 2.63. The zero-order valence-corrected chi connectivity index (χ0v) is 11.8. The van der Waals surface area contributed by atoms with Crippen molar-refractivity contribution in [1.29, 1.82) is 0 Å².